The minimum absolute atomic E-state index is 0.0644. The molecule has 0 amide bonds. The number of halogens is 1. The predicted octanol–water partition coefficient (Wildman–Crippen LogP) is 4.64. The highest BCUT2D eigenvalue weighted by Crippen LogP contribution is 2.36. The van der Waals surface area contributed by atoms with Gasteiger partial charge in [0.1, 0.15) is 0 Å². The summed E-state index contributed by atoms with van der Waals surface area (Å²) in [5.41, 5.74) is 1.42. The number of ether oxygens (including phenoxy) is 2. The number of methoxy groups -OCH3 is 1. The van der Waals surface area contributed by atoms with Crippen LogP contribution in [0.4, 0.5) is 0 Å². The van der Waals surface area contributed by atoms with Crippen molar-refractivity contribution < 1.29 is 14.3 Å². The second-order valence-corrected chi connectivity index (χ2v) is 4.94. The molecule has 114 valence electrons. The summed E-state index contributed by atoms with van der Waals surface area (Å²) >= 11 is 6.18. The fourth-order valence-corrected chi connectivity index (χ4v) is 2.31. The lowest BCUT2D eigenvalue weighted by atomic mass is 10.1. The first-order valence-electron chi connectivity index (χ1n) is 6.93. The second-order valence-electron chi connectivity index (χ2n) is 4.53. The van der Waals surface area contributed by atoms with Crippen LogP contribution in [0.3, 0.4) is 0 Å². The molecule has 4 heteroatoms. The molecule has 0 saturated carbocycles. The van der Waals surface area contributed by atoms with Crippen molar-refractivity contribution in [1.29, 1.82) is 0 Å². The van der Waals surface area contributed by atoms with Gasteiger partial charge in [0.2, 0.25) is 0 Å². The Morgan fingerprint density at radius 1 is 1.23 bits per heavy atom. The second kappa shape index (κ2) is 7.66. The lowest BCUT2D eigenvalue weighted by molar-refractivity contribution is 0.104. The monoisotopic (exact) mass is 316 g/mol. The summed E-state index contributed by atoms with van der Waals surface area (Å²) in [5.74, 6) is 0.991. The molecule has 0 unspecified atom stereocenters. The molecule has 2 rings (SSSR count). The molecular weight excluding hydrogens is 300 g/mol. The Bertz CT molecular complexity index is 678. The molecule has 0 saturated heterocycles. The van der Waals surface area contributed by atoms with Crippen molar-refractivity contribution in [3.8, 4) is 11.5 Å². The topological polar surface area (TPSA) is 35.5 Å². The Morgan fingerprint density at radius 2 is 1.95 bits per heavy atom. The van der Waals surface area contributed by atoms with Gasteiger partial charge in [-0.15, -0.1) is 0 Å². The van der Waals surface area contributed by atoms with Crippen molar-refractivity contribution >= 4 is 23.5 Å². The zero-order chi connectivity index (χ0) is 15.9. The molecule has 2 aromatic rings. The number of allylic oxidation sites excluding steroid dienone is 1. The van der Waals surface area contributed by atoms with Gasteiger partial charge in [0, 0.05) is 5.56 Å². The smallest absolute Gasteiger partial charge is 0.185 e. The molecule has 2 aromatic carbocycles. The Hall–Kier alpha value is -2.26. The Labute approximate surface area is 135 Å². The minimum atomic E-state index is -0.0644. The summed E-state index contributed by atoms with van der Waals surface area (Å²) in [6, 6.07) is 12.6. The highest BCUT2D eigenvalue weighted by atomic mass is 35.5. The van der Waals surface area contributed by atoms with E-state index in [1.807, 2.05) is 25.1 Å². The van der Waals surface area contributed by atoms with E-state index in [4.69, 9.17) is 21.1 Å². The standard InChI is InChI=1S/C18H17ClO3/c1-3-22-17-12-13(11-15(19)18(17)21-2)9-10-16(20)14-7-5-4-6-8-14/h4-12H,3H2,1-2H3. The van der Waals surface area contributed by atoms with Crippen LogP contribution in [-0.2, 0) is 0 Å². The average Bonchev–Trinajstić information content (AvgIpc) is 2.53. The van der Waals surface area contributed by atoms with Gasteiger partial charge in [-0.2, -0.15) is 0 Å². The fraction of sp³-hybridized carbons (Fsp3) is 0.167. The molecule has 0 bridgehead atoms. The molecule has 0 heterocycles. The Kier molecular flexibility index (Phi) is 5.61. The molecule has 0 aromatic heterocycles. The van der Waals surface area contributed by atoms with E-state index in [2.05, 4.69) is 0 Å². The van der Waals surface area contributed by atoms with Crippen molar-refractivity contribution in [3.05, 3.63) is 64.7 Å². The summed E-state index contributed by atoms with van der Waals surface area (Å²) < 4.78 is 10.7. The maximum Gasteiger partial charge on any atom is 0.185 e. The highest BCUT2D eigenvalue weighted by Gasteiger charge is 2.10. The van der Waals surface area contributed by atoms with Gasteiger partial charge in [-0.05, 0) is 30.7 Å². The lowest BCUT2D eigenvalue weighted by Crippen LogP contribution is -1.97. The van der Waals surface area contributed by atoms with Crippen LogP contribution in [0.15, 0.2) is 48.5 Å². The first kappa shape index (κ1) is 16.1. The van der Waals surface area contributed by atoms with E-state index in [1.54, 1.807) is 30.3 Å². The largest absolute Gasteiger partial charge is 0.491 e. The van der Waals surface area contributed by atoms with Crippen molar-refractivity contribution in [2.24, 2.45) is 0 Å². The quantitative estimate of drug-likeness (QED) is 0.575. The van der Waals surface area contributed by atoms with Gasteiger partial charge >= 0.3 is 0 Å². The van der Waals surface area contributed by atoms with Crippen LogP contribution in [0.5, 0.6) is 11.5 Å². The SMILES string of the molecule is CCOc1cc(C=CC(=O)c2ccccc2)cc(Cl)c1OC. The van der Waals surface area contributed by atoms with Crippen LogP contribution in [0.1, 0.15) is 22.8 Å². The molecule has 0 spiro atoms. The molecule has 3 nitrogen and oxygen atoms in total. The van der Waals surface area contributed by atoms with Crippen molar-refractivity contribution in [2.45, 2.75) is 6.92 Å². The van der Waals surface area contributed by atoms with E-state index in [9.17, 15) is 4.79 Å². The predicted molar refractivity (Wildman–Crippen MR) is 89.0 cm³/mol. The lowest BCUT2D eigenvalue weighted by Gasteiger charge is -2.11. The number of hydrogen-bond acceptors (Lipinski definition) is 3. The Morgan fingerprint density at radius 3 is 2.59 bits per heavy atom. The van der Waals surface area contributed by atoms with Gasteiger partial charge < -0.3 is 9.47 Å². The van der Waals surface area contributed by atoms with Crippen LogP contribution >= 0.6 is 11.6 Å². The molecule has 0 aliphatic carbocycles. The number of rotatable bonds is 6. The molecule has 0 radical (unpaired) electrons. The number of carbonyl (C=O) groups excluding carboxylic acids is 1. The number of hydrogen-bond donors (Lipinski definition) is 0. The maximum absolute atomic E-state index is 12.1. The average molecular weight is 317 g/mol. The van der Waals surface area contributed by atoms with Crippen molar-refractivity contribution in [1.82, 2.24) is 0 Å². The minimum Gasteiger partial charge on any atom is -0.491 e. The zero-order valence-corrected chi connectivity index (χ0v) is 13.3. The zero-order valence-electron chi connectivity index (χ0n) is 12.5. The van der Waals surface area contributed by atoms with Gasteiger partial charge in [0.15, 0.2) is 17.3 Å². The Balaban J connectivity index is 2.26. The number of carbonyl (C=O) groups is 1. The van der Waals surface area contributed by atoms with Crippen molar-refractivity contribution in [3.63, 3.8) is 0 Å². The molecule has 22 heavy (non-hydrogen) atoms. The molecule has 0 aliphatic rings. The summed E-state index contributed by atoms with van der Waals surface area (Å²) in [4.78, 5) is 12.1. The highest BCUT2D eigenvalue weighted by molar-refractivity contribution is 6.32. The van der Waals surface area contributed by atoms with Gasteiger partial charge in [-0.3, -0.25) is 4.79 Å². The first-order valence-corrected chi connectivity index (χ1v) is 7.31. The van der Waals surface area contributed by atoms with Crippen LogP contribution in [-0.4, -0.2) is 19.5 Å². The van der Waals surface area contributed by atoms with Gasteiger partial charge in [0.05, 0.1) is 18.7 Å². The van der Waals surface area contributed by atoms with Crippen LogP contribution in [0, 0.1) is 0 Å². The van der Waals surface area contributed by atoms with E-state index in [-0.39, 0.29) is 5.78 Å². The molecular formula is C18H17ClO3. The first-order chi connectivity index (χ1) is 10.7. The summed E-state index contributed by atoms with van der Waals surface area (Å²) in [5, 5.41) is 0.445. The van der Waals surface area contributed by atoms with Gasteiger partial charge in [0.25, 0.3) is 0 Å². The molecule has 0 N–H and O–H groups in total. The maximum atomic E-state index is 12.1. The van der Waals surface area contributed by atoms with Crippen LogP contribution in [0.25, 0.3) is 6.08 Å². The summed E-state index contributed by atoms with van der Waals surface area (Å²) in [6.07, 6.45) is 3.23. The van der Waals surface area contributed by atoms with Crippen LogP contribution in [0.2, 0.25) is 5.02 Å². The van der Waals surface area contributed by atoms with E-state index in [1.165, 1.54) is 13.2 Å². The van der Waals surface area contributed by atoms with E-state index < -0.39 is 0 Å². The summed E-state index contributed by atoms with van der Waals surface area (Å²) in [7, 11) is 1.54. The van der Waals surface area contributed by atoms with E-state index in [0.29, 0.717) is 28.7 Å². The summed E-state index contributed by atoms with van der Waals surface area (Å²) in [6.45, 7) is 2.39. The molecule has 0 fully saturated rings. The van der Waals surface area contributed by atoms with E-state index in [0.717, 1.165) is 5.56 Å². The van der Waals surface area contributed by atoms with Crippen molar-refractivity contribution in [2.75, 3.05) is 13.7 Å². The fourth-order valence-electron chi connectivity index (χ4n) is 2.02. The number of benzene rings is 2. The van der Waals surface area contributed by atoms with Gasteiger partial charge in [-0.25, -0.2) is 0 Å². The third-order valence-electron chi connectivity index (χ3n) is 3.02. The third-order valence-corrected chi connectivity index (χ3v) is 3.30. The third kappa shape index (κ3) is 3.89. The molecule has 0 atom stereocenters. The normalized spacial score (nSPS) is 10.7. The van der Waals surface area contributed by atoms with E-state index >= 15 is 0 Å². The number of ketones is 1. The molecule has 0 aliphatic heterocycles. The van der Waals surface area contributed by atoms with Crippen LogP contribution < -0.4 is 9.47 Å². The van der Waals surface area contributed by atoms with Gasteiger partial charge in [-0.1, -0.05) is 48.0 Å².